The molecule has 0 aromatic carbocycles. The van der Waals surface area contributed by atoms with Crippen molar-refractivity contribution < 1.29 is 24.2 Å². The van der Waals surface area contributed by atoms with Gasteiger partial charge in [-0.3, -0.25) is 14.5 Å². The van der Waals surface area contributed by atoms with Crippen molar-refractivity contribution in [3.8, 4) is 0 Å². The minimum absolute atomic E-state index is 0.0695. The predicted octanol–water partition coefficient (Wildman–Crippen LogP) is -0.617. The van der Waals surface area contributed by atoms with E-state index in [1.807, 2.05) is 4.90 Å². The Labute approximate surface area is 117 Å². The zero-order valence-electron chi connectivity index (χ0n) is 11.5. The molecule has 114 valence electrons. The molecule has 4 N–H and O–H groups in total. The number of methoxy groups -OCH3 is 1. The standard InChI is InChI=1S/C12H21N3O5/c1-20-12(19)14-9-4-8(2-3-11(17)18)5-15(6-9)7-10(13)16/h8-9H,2-7H2,1H3,(H2,13,16)(H,14,19)(H,17,18). The van der Waals surface area contributed by atoms with Crippen LogP contribution in [0.1, 0.15) is 19.3 Å². The summed E-state index contributed by atoms with van der Waals surface area (Å²) in [7, 11) is 1.28. The van der Waals surface area contributed by atoms with Gasteiger partial charge in [-0.2, -0.15) is 0 Å². The van der Waals surface area contributed by atoms with Gasteiger partial charge in [0.1, 0.15) is 0 Å². The first-order valence-electron chi connectivity index (χ1n) is 6.47. The number of likely N-dealkylation sites (tertiary alicyclic amines) is 1. The van der Waals surface area contributed by atoms with E-state index in [1.165, 1.54) is 7.11 Å². The number of nitrogens with one attached hydrogen (secondary N) is 1. The number of carboxylic acids is 1. The van der Waals surface area contributed by atoms with E-state index >= 15 is 0 Å². The van der Waals surface area contributed by atoms with Crippen molar-refractivity contribution in [2.45, 2.75) is 25.3 Å². The normalized spacial score (nSPS) is 23.1. The first-order valence-corrected chi connectivity index (χ1v) is 6.47. The fourth-order valence-corrected chi connectivity index (χ4v) is 2.52. The summed E-state index contributed by atoms with van der Waals surface area (Å²) in [6.45, 7) is 1.21. The number of carbonyl (C=O) groups excluding carboxylic acids is 2. The number of piperidine rings is 1. The molecule has 1 saturated heterocycles. The molecule has 2 amide bonds. The molecular formula is C12H21N3O5. The summed E-state index contributed by atoms with van der Waals surface area (Å²) >= 11 is 0. The molecule has 0 saturated carbocycles. The lowest BCUT2D eigenvalue weighted by atomic mass is 9.90. The number of alkyl carbamates (subject to hydrolysis) is 1. The van der Waals surface area contributed by atoms with Crippen LogP contribution in [0.15, 0.2) is 0 Å². The van der Waals surface area contributed by atoms with E-state index in [-0.39, 0.29) is 24.9 Å². The monoisotopic (exact) mass is 287 g/mol. The summed E-state index contributed by atoms with van der Waals surface area (Å²) in [5, 5.41) is 11.4. The highest BCUT2D eigenvalue weighted by molar-refractivity contribution is 5.76. The zero-order chi connectivity index (χ0) is 15.1. The molecule has 2 unspecified atom stereocenters. The van der Waals surface area contributed by atoms with Crippen molar-refractivity contribution in [1.29, 1.82) is 0 Å². The van der Waals surface area contributed by atoms with Crippen molar-refractivity contribution in [3.63, 3.8) is 0 Å². The molecule has 0 aromatic heterocycles. The molecule has 0 aliphatic carbocycles. The van der Waals surface area contributed by atoms with Gasteiger partial charge in [0, 0.05) is 25.6 Å². The van der Waals surface area contributed by atoms with E-state index in [0.29, 0.717) is 25.9 Å². The van der Waals surface area contributed by atoms with Crippen molar-refractivity contribution in [2.24, 2.45) is 11.7 Å². The molecule has 0 radical (unpaired) electrons. The van der Waals surface area contributed by atoms with E-state index in [2.05, 4.69) is 10.1 Å². The average Bonchev–Trinajstić information content (AvgIpc) is 2.35. The largest absolute Gasteiger partial charge is 0.481 e. The summed E-state index contributed by atoms with van der Waals surface area (Å²) in [6, 6.07) is -0.172. The fourth-order valence-electron chi connectivity index (χ4n) is 2.52. The van der Waals surface area contributed by atoms with Crippen LogP contribution >= 0.6 is 0 Å². The minimum atomic E-state index is -0.852. The third-order valence-corrected chi connectivity index (χ3v) is 3.27. The van der Waals surface area contributed by atoms with Gasteiger partial charge >= 0.3 is 12.1 Å². The van der Waals surface area contributed by atoms with Crippen LogP contribution in [0.2, 0.25) is 0 Å². The van der Waals surface area contributed by atoms with Crippen LogP contribution in [0.25, 0.3) is 0 Å². The van der Waals surface area contributed by atoms with Crippen molar-refractivity contribution in [3.05, 3.63) is 0 Å². The number of carbonyl (C=O) groups is 3. The second-order valence-electron chi connectivity index (χ2n) is 5.03. The topological polar surface area (TPSA) is 122 Å². The van der Waals surface area contributed by atoms with Crippen LogP contribution < -0.4 is 11.1 Å². The maximum atomic E-state index is 11.2. The first-order chi connectivity index (χ1) is 9.40. The second-order valence-corrected chi connectivity index (χ2v) is 5.03. The van der Waals surface area contributed by atoms with E-state index in [4.69, 9.17) is 10.8 Å². The Bertz CT molecular complexity index is 374. The molecule has 1 aliphatic rings. The molecule has 0 bridgehead atoms. The Morgan fingerprint density at radius 1 is 1.40 bits per heavy atom. The van der Waals surface area contributed by atoms with E-state index in [0.717, 1.165) is 0 Å². The number of primary amides is 1. The highest BCUT2D eigenvalue weighted by Gasteiger charge is 2.29. The highest BCUT2D eigenvalue weighted by atomic mass is 16.5. The summed E-state index contributed by atoms with van der Waals surface area (Å²) in [5.41, 5.74) is 5.18. The van der Waals surface area contributed by atoms with E-state index in [9.17, 15) is 14.4 Å². The average molecular weight is 287 g/mol. The first kappa shape index (κ1) is 16.2. The SMILES string of the molecule is COC(=O)NC1CC(CCC(=O)O)CN(CC(N)=O)C1. The van der Waals surface area contributed by atoms with Crippen LogP contribution in [0.5, 0.6) is 0 Å². The van der Waals surface area contributed by atoms with Gasteiger partial charge in [-0.25, -0.2) is 4.79 Å². The summed E-state index contributed by atoms with van der Waals surface area (Å²) < 4.78 is 4.55. The van der Waals surface area contributed by atoms with Gasteiger partial charge in [-0.05, 0) is 18.8 Å². The Balaban J connectivity index is 2.59. The van der Waals surface area contributed by atoms with Crippen LogP contribution in [0.3, 0.4) is 0 Å². The Morgan fingerprint density at radius 2 is 2.10 bits per heavy atom. The molecule has 8 nitrogen and oxygen atoms in total. The quantitative estimate of drug-likeness (QED) is 0.598. The van der Waals surface area contributed by atoms with Crippen LogP contribution in [0, 0.1) is 5.92 Å². The number of ether oxygens (including phenoxy) is 1. The molecule has 1 fully saturated rings. The van der Waals surface area contributed by atoms with Gasteiger partial charge in [-0.1, -0.05) is 0 Å². The van der Waals surface area contributed by atoms with Gasteiger partial charge in [-0.15, -0.1) is 0 Å². The van der Waals surface area contributed by atoms with E-state index in [1.54, 1.807) is 0 Å². The molecule has 1 rings (SSSR count). The molecule has 2 atom stereocenters. The molecule has 1 aliphatic heterocycles. The van der Waals surface area contributed by atoms with Crippen molar-refractivity contribution in [2.75, 3.05) is 26.7 Å². The highest BCUT2D eigenvalue weighted by Crippen LogP contribution is 2.21. The maximum Gasteiger partial charge on any atom is 0.407 e. The van der Waals surface area contributed by atoms with Gasteiger partial charge in [0.15, 0.2) is 0 Å². The molecule has 20 heavy (non-hydrogen) atoms. The number of carboxylic acid groups (broad SMARTS) is 1. The summed E-state index contributed by atoms with van der Waals surface area (Å²) in [5.74, 6) is -1.20. The number of nitrogens with zero attached hydrogens (tertiary/aromatic N) is 1. The molecule has 8 heteroatoms. The van der Waals surface area contributed by atoms with Gasteiger partial charge in [0.2, 0.25) is 5.91 Å². The minimum Gasteiger partial charge on any atom is -0.481 e. The number of amides is 2. The lowest BCUT2D eigenvalue weighted by Gasteiger charge is -2.37. The van der Waals surface area contributed by atoms with E-state index < -0.39 is 18.0 Å². The number of nitrogens with two attached hydrogens (primary N) is 1. The molecule has 0 spiro atoms. The summed E-state index contributed by atoms with van der Waals surface area (Å²) in [4.78, 5) is 34.7. The van der Waals surface area contributed by atoms with Gasteiger partial charge in [0.25, 0.3) is 0 Å². The van der Waals surface area contributed by atoms with Gasteiger partial charge < -0.3 is 20.9 Å². The predicted molar refractivity (Wildman–Crippen MR) is 69.9 cm³/mol. The molecule has 0 aromatic rings. The lowest BCUT2D eigenvalue weighted by Crippen LogP contribution is -2.52. The van der Waals surface area contributed by atoms with Gasteiger partial charge in [0.05, 0.1) is 13.7 Å². The number of rotatable bonds is 6. The Morgan fingerprint density at radius 3 is 2.65 bits per heavy atom. The zero-order valence-corrected chi connectivity index (χ0v) is 11.5. The molecule has 1 heterocycles. The summed E-state index contributed by atoms with van der Waals surface area (Å²) in [6.07, 6.45) is 0.703. The number of aliphatic carboxylic acids is 1. The number of hydrogen-bond donors (Lipinski definition) is 3. The molecular weight excluding hydrogens is 266 g/mol. The number of hydrogen-bond acceptors (Lipinski definition) is 5. The second kappa shape index (κ2) is 7.68. The fraction of sp³-hybridized carbons (Fsp3) is 0.750. The van der Waals surface area contributed by atoms with Crippen molar-refractivity contribution in [1.82, 2.24) is 10.2 Å². The van der Waals surface area contributed by atoms with Crippen LogP contribution in [-0.4, -0.2) is 60.8 Å². The van der Waals surface area contributed by atoms with Crippen molar-refractivity contribution >= 4 is 18.0 Å². The van der Waals surface area contributed by atoms with Crippen LogP contribution in [-0.2, 0) is 14.3 Å². The smallest absolute Gasteiger partial charge is 0.407 e. The maximum absolute atomic E-state index is 11.2. The Kier molecular flexibility index (Phi) is 6.23. The Hall–Kier alpha value is -1.83. The third-order valence-electron chi connectivity index (χ3n) is 3.27. The lowest BCUT2D eigenvalue weighted by molar-refractivity contribution is -0.137. The third kappa shape index (κ3) is 5.87. The van der Waals surface area contributed by atoms with Crippen LogP contribution in [0.4, 0.5) is 4.79 Å².